The fourth-order valence-electron chi connectivity index (χ4n) is 1.27. The summed E-state index contributed by atoms with van der Waals surface area (Å²) >= 11 is 11.4. The first-order valence-corrected chi connectivity index (χ1v) is 5.14. The number of nitrogens with zero attached hydrogens (tertiary/aromatic N) is 1. The first-order chi connectivity index (χ1) is 7.58. The lowest BCUT2D eigenvalue weighted by Crippen LogP contribution is -1.88. The second kappa shape index (κ2) is 4.28. The Morgan fingerprint density at radius 2 is 1.88 bits per heavy atom. The molecule has 0 aliphatic carbocycles. The number of aromatic nitrogens is 1. The van der Waals surface area contributed by atoms with Crippen LogP contribution < -0.4 is 0 Å². The topological polar surface area (TPSA) is 33.1 Å². The molecule has 1 aromatic carbocycles. The van der Waals surface area contributed by atoms with Crippen molar-refractivity contribution in [2.45, 2.75) is 0 Å². The summed E-state index contributed by atoms with van der Waals surface area (Å²) in [6, 6.07) is 6.97. The largest absolute Gasteiger partial charge is 0.505 e. The van der Waals surface area contributed by atoms with E-state index < -0.39 is 5.82 Å². The summed E-state index contributed by atoms with van der Waals surface area (Å²) in [6.07, 6.45) is 0. The lowest BCUT2D eigenvalue weighted by atomic mass is 10.1. The maximum Gasteiger partial charge on any atom is 0.171 e. The number of pyridine rings is 1. The molecule has 82 valence electrons. The van der Waals surface area contributed by atoms with Crippen molar-refractivity contribution < 1.29 is 9.50 Å². The molecule has 0 saturated heterocycles. The van der Waals surface area contributed by atoms with Crippen LogP contribution in [0.15, 0.2) is 30.3 Å². The third-order valence-corrected chi connectivity index (χ3v) is 2.55. The van der Waals surface area contributed by atoms with E-state index in [1.807, 2.05) is 0 Å². The molecule has 1 aromatic heterocycles. The SMILES string of the molecule is Oc1ccc(-c2cc(Cl)ccc2F)nc1Cl. The fourth-order valence-corrected chi connectivity index (χ4v) is 1.60. The Labute approximate surface area is 101 Å². The van der Waals surface area contributed by atoms with Gasteiger partial charge in [-0.15, -0.1) is 0 Å². The van der Waals surface area contributed by atoms with Crippen LogP contribution in [0.25, 0.3) is 11.3 Å². The normalized spacial score (nSPS) is 10.4. The van der Waals surface area contributed by atoms with Crippen LogP contribution in [-0.2, 0) is 0 Å². The highest BCUT2D eigenvalue weighted by atomic mass is 35.5. The predicted molar refractivity (Wildman–Crippen MR) is 61.3 cm³/mol. The Morgan fingerprint density at radius 1 is 1.12 bits per heavy atom. The highest BCUT2D eigenvalue weighted by Crippen LogP contribution is 2.28. The van der Waals surface area contributed by atoms with Crippen LogP contribution in [0.5, 0.6) is 5.75 Å². The van der Waals surface area contributed by atoms with E-state index in [1.165, 1.54) is 30.3 Å². The number of aromatic hydroxyl groups is 1. The van der Waals surface area contributed by atoms with Gasteiger partial charge in [-0.1, -0.05) is 23.2 Å². The molecule has 0 atom stereocenters. The van der Waals surface area contributed by atoms with Crippen molar-refractivity contribution in [2.75, 3.05) is 0 Å². The van der Waals surface area contributed by atoms with Crippen molar-refractivity contribution in [3.8, 4) is 17.0 Å². The summed E-state index contributed by atoms with van der Waals surface area (Å²) in [6.45, 7) is 0. The maximum absolute atomic E-state index is 13.5. The van der Waals surface area contributed by atoms with Crippen molar-refractivity contribution in [3.05, 3.63) is 46.3 Å². The van der Waals surface area contributed by atoms with Gasteiger partial charge in [0.25, 0.3) is 0 Å². The molecule has 0 spiro atoms. The molecule has 2 rings (SSSR count). The van der Waals surface area contributed by atoms with E-state index in [4.69, 9.17) is 23.2 Å². The summed E-state index contributed by atoms with van der Waals surface area (Å²) in [5.74, 6) is -0.591. The Kier molecular flexibility index (Phi) is 2.99. The number of halogens is 3. The quantitative estimate of drug-likeness (QED) is 0.787. The van der Waals surface area contributed by atoms with Gasteiger partial charge in [0.1, 0.15) is 5.82 Å². The van der Waals surface area contributed by atoms with Crippen LogP contribution in [0.2, 0.25) is 10.2 Å². The predicted octanol–water partition coefficient (Wildman–Crippen LogP) is 3.90. The molecule has 16 heavy (non-hydrogen) atoms. The Hall–Kier alpha value is -1.32. The van der Waals surface area contributed by atoms with Crippen LogP contribution in [0, 0.1) is 5.82 Å². The highest BCUT2D eigenvalue weighted by Gasteiger charge is 2.09. The Morgan fingerprint density at radius 3 is 2.56 bits per heavy atom. The molecule has 1 heterocycles. The molecule has 0 aliphatic heterocycles. The summed E-state index contributed by atoms with van der Waals surface area (Å²) < 4.78 is 13.5. The Bertz CT molecular complexity index is 546. The van der Waals surface area contributed by atoms with E-state index in [0.29, 0.717) is 10.7 Å². The van der Waals surface area contributed by atoms with Crippen molar-refractivity contribution in [3.63, 3.8) is 0 Å². The molecule has 1 N–H and O–H groups in total. The van der Waals surface area contributed by atoms with E-state index in [9.17, 15) is 9.50 Å². The van der Waals surface area contributed by atoms with Gasteiger partial charge in [0.15, 0.2) is 10.9 Å². The summed E-state index contributed by atoms with van der Waals surface area (Å²) in [5, 5.41) is 9.53. The van der Waals surface area contributed by atoms with Gasteiger partial charge in [-0.3, -0.25) is 0 Å². The van der Waals surface area contributed by atoms with Gasteiger partial charge < -0.3 is 5.11 Å². The highest BCUT2D eigenvalue weighted by molar-refractivity contribution is 6.31. The molecular weight excluding hydrogens is 252 g/mol. The molecule has 0 bridgehead atoms. The van der Waals surface area contributed by atoms with Crippen molar-refractivity contribution in [2.24, 2.45) is 0 Å². The van der Waals surface area contributed by atoms with Crippen LogP contribution >= 0.6 is 23.2 Å². The molecule has 0 aliphatic rings. The zero-order chi connectivity index (χ0) is 11.7. The minimum atomic E-state index is -0.446. The number of hydrogen-bond acceptors (Lipinski definition) is 2. The van der Waals surface area contributed by atoms with Gasteiger partial charge in [-0.05, 0) is 30.3 Å². The van der Waals surface area contributed by atoms with Crippen LogP contribution in [-0.4, -0.2) is 10.1 Å². The molecular formula is C11H6Cl2FNO. The first-order valence-electron chi connectivity index (χ1n) is 4.39. The minimum Gasteiger partial charge on any atom is -0.505 e. The first kappa shape index (κ1) is 11.2. The van der Waals surface area contributed by atoms with E-state index in [1.54, 1.807) is 0 Å². The molecule has 2 aromatic rings. The molecule has 0 radical (unpaired) electrons. The number of rotatable bonds is 1. The Balaban J connectivity index is 2.58. The van der Waals surface area contributed by atoms with Crippen molar-refractivity contribution >= 4 is 23.2 Å². The molecule has 0 saturated carbocycles. The molecule has 0 fully saturated rings. The second-order valence-corrected chi connectivity index (χ2v) is 3.93. The second-order valence-electron chi connectivity index (χ2n) is 3.13. The van der Waals surface area contributed by atoms with Gasteiger partial charge in [0.05, 0.1) is 5.69 Å². The van der Waals surface area contributed by atoms with Crippen molar-refractivity contribution in [1.82, 2.24) is 4.98 Å². The summed E-state index contributed by atoms with van der Waals surface area (Å²) in [4.78, 5) is 3.86. The van der Waals surface area contributed by atoms with E-state index in [-0.39, 0.29) is 16.5 Å². The fraction of sp³-hybridized carbons (Fsp3) is 0. The van der Waals surface area contributed by atoms with Crippen LogP contribution in [0.4, 0.5) is 4.39 Å². The molecule has 5 heteroatoms. The minimum absolute atomic E-state index is 0.0723. The summed E-state index contributed by atoms with van der Waals surface area (Å²) in [5.41, 5.74) is 0.567. The summed E-state index contributed by atoms with van der Waals surface area (Å²) in [7, 11) is 0. The zero-order valence-corrected chi connectivity index (χ0v) is 9.43. The number of hydrogen-bond donors (Lipinski definition) is 1. The zero-order valence-electron chi connectivity index (χ0n) is 7.92. The third kappa shape index (κ3) is 2.10. The van der Waals surface area contributed by atoms with Gasteiger partial charge in [-0.25, -0.2) is 9.37 Å². The molecule has 0 amide bonds. The van der Waals surface area contributed by atoms with Crippen LogP contribution in [0.3, 0.4) is 0 Å². The van der Waals surface area contributed by atoms with E-state index in [2.05, 4.69) is 4.98 Å². The maximum atomic E-state index is 13.5. The lowest BCUT2D eigenvalue weighted by Gasteiger charge is -2.04. The third-order valence-electron chi connectivity index (χ3n) is 2.03. The smallest absolute Gasteiger partial charge is 0.171 e. The monoisotopic (exact) mass is 257 g/mol. The number of benzene rings is 1. The van der Waals surface area contributed by atoms with E-state index in [0.717, 1.165) is 0 Å². The van der Waals surface area contributed by atoms with Gasteiger partial charge in [-0.2, -0.15) is 0 Å². The molecule has 2 nitrogen and oxygen atoms in total. The lowest BCUT2D eigenvalue weighted by molar-refractivity contribution is 0.473. The van der Waals surface area contributed by atoms with Gasteiger partial charge in [0.2, 0.25) is 0 Å². The van der Waals surface area contributed by atoms with Crippen molar-refractivity contribution in [1.29, 1.82) is 0 Å². The molecule has 0 unspecified atom stereocenters. The van der Waals surface area contributed by atoms with Gasteiger partial charge in [0, 0.05) is 10.6 Å². The van der Waals surface area contributed by atoms with Crippen LogP contribution in [0.1, 0.15) is 0 Å². The average Bonchev–Trinajstić information content (AvgIpc) is 2.26. The van der Waals surface area contributed by atoms with Gasteiger partial charge >= 0.3 is 0 Å². The average molecular weight is 258 g/mol. The standard InChI is InChI=1S/C11H6Cl2FNO/c12-6-1-2-8(14)7(5-6)9-3-4-10(16)11(13)15-9/h1-5,16H. The van der Waals surface area contributed by atoms with E-state index >= 15 is 0 Å².